The van der Waals surface area contributed by atoms with Crippen molar-refractivity contribution in [3.63, 3.8) is 0 Å². The van der Waals surface area contributed by atoms with Crippen LogP contribution in [0.3, 0.4) is 0 Å². The molecule has 0 aliphatic carbocycles. The molecule has 0 bridgehead atoms. The van der Waals surface area contributed by atoms with E-state index < -0.39 is 12.2 Å². The van der Waals surface area contributed by atoms with Crippen LogP contribution >= 0.6 is 22.6 Å². The minimum atomic E-state index is -4.77. The Balaban J connectivity index is 3.12. The van der Waals surface area contributed by atoms with Crippen molar-refractivity contribution in [2.45, 2.75) is 19.7 Å². The summed E-state index contributed by atoms with van der Waals surface area (Å²) in [5.74, 6) is -0.502. The van der Waals surface area contributed by atoms with E-state index in [1.54, 1.807) is 35.6 Å². The Morgan fingerprint density at radius 2 is 2.19 bits per heavy atom. The standard InChI is InChI=1S/C9H6F3IN2O/c1-5-4-6(2-3-14)15-8(7(5)13)16-9(10,11)12/h4H,2H2,1H3. The highest BCUT2D eigenvalue weighted by molar-refractivity contribution is 14.1. The number of aryl methyl sites for hydroxylation is 1. The first-order chi connectivity index (χ1) is 7.33. The van der Waals surface area contributed by atoms with Crippen LogP contribution in [0.25, 0.3) is 0 Å². The van der Waals surface area contributed by atoms with E-state index in [1.165, 1.54) is 0 Å². The second-order valence-electron chi connectivity index (χ2n) is 2.93. The average molecular weight is 342 g/mol. The number of halogens is 4. The molecule has 0 spiro atoms. The molecule has 0 unspecified atom stereocenters. The molecule has 0 atom stereocenters. The molecule has 0 aromatic carbocycles. The van der Waals surface area contributed by atoms with Gasteiger partial charge in [-0.25, -0.2) is 4.98 Å². The minimum absolute atomic E-state index is 0.0496. The third kappa shape index (κ3) is 3.52. The van der Waals surface area contributed by atoms with Gasteiger partial charge in [0.1, 0.15) is 0 Å². The molecule has 0 saturated heterocycles. The molecule has 0 N–H and O–H groups in total. The van der Waals surface area contributed by atoms with Gasteiger partial charge in [-0.15, -0.1) is 13.2 Å². The third-order valence-corrected chi connectivity index (χ3v) is 2.95. The SMILES string of the molecule is Cc1cc(CC#N)nc(OC(F)(F)F)c1I. The second kappa shape index (κ2) is 4.86. The van der Waals surface area contributed by atoms with Gasteiger partial charge in [-0.05, 0) is 41.1 Å². The Bertz CT molecular complexity index is 440. The summed E-state index contributed by atoms with van der Waals surface area (Å²) in [6.07, 6.45) is -4.82. The van der Waals surface area contributed by atoms with Crippen molar-refractivity contribution in [3.05, 3.63) is 20.9 Å². The molecular weight excluding hydrogens is 336 g/mol. The van der Waals surface area contributed by atoms with Crippen molar-refractivity contribution < 1.29 is 17.9 Å². The maximum atomic E-state index is 12.0. The van der Waals surface area contributed by atoms with Crippen molar-refractivity contribution >= 4 is 22.6 Å². The highest BCUT2D eigenvalue weighted by Gasteiger charge is 2.33. The first-order valence-electron chi connectivity index (χ1n) is 4.12. The summed E-state index contributed by atoms with van der Waals surface area (Å²) in [4.78, 5) is 3.64. The number of nitrogens with zero attached hydrogens (tertiary/aromatic N) is 2. The molecular formula is C9H6F3IN2O. The minimum Gasteiger partial charge on any atom is -0.387 e. The molecule has 0 aliphatic rings. The summed E-state index contributed by atoms with van der Waals surface area (Å²) in [5.41, 5.74) is 0.861. The first kappa shape index (κ1) is 13.0. The Hall–Kier alpha value is -1.04. The molecule has 1 heterocycles. The zero-order valence-electron chi connectivity index (χ0n) is 8.10. The number of aromatic nitrogens is 1. The van der Waals surface area contributed by atoms with Crippen LogP contribution in [0.1, 0.15) is 11.3 Å². The summed E-state index contributed by atoms with van der Waals surface area (Å²) in [6.45, 7) is 1.63. The molecule has 16 heavy (non-hydrogen) atoms. The normalized spacial score (nSPS) is 11.0. The maximum absolute atomic E-state index is 12.0. The van der Waals surface area contributed by atoms with Crippen LogP contribution in [0.15, 0.2) is 6.07 Å². The molecule has 0 fully saturated rings. The van der Waals surface area contributed by atoms with Crippen molar-refractivity contribution in [3.8, 4) is 11.9 Å². The Morgan fingerprint density at radius 1 is 1.56 bits per heavy atom. The molecule has 0 saturated carbocycles. The molecule has 0 aliphatic heterocycles. The fraction of sp³-hybridized carbons (Fsp3) is 0.333. The smallest absolute Gasteiger partial charge is 0.387 e. The van der Waals surface area contributed by atoms with Gasteiger partial charge in [-0.3, -0.25) is 0 Å². The molecule has 0 radical (unpaired) electrons. The van der Waals surface area contributed by atoms with E-state index in [4.69, 9.17) is 5.26 Å². The summed E-state index contributed by atoms with van der Waals surface area (Å²) in [5, 5.41) is 8.45. The molecule has 86 valence electrons. The van der Waals surface area contributed by atoms with E-state index in [2.05, 4.69) is 9.72 Å². The summed E-state index contributed by atoms with van der Waals surface area (Å²) >= 11 is 1.72. The van der Waals surface area contributed by atoms with Crippen LogP contribution in [0, 0.1) is 21.8 Å². The summed E-state index contributed by atoms with van der Waals surface area (Å²) < 4.78 is 40.2. The molecule has 7 heteroatoms. The Morgan fingerprint density at radius 3 is 2.69 bits per heavy atom. The number of ether oxygens (including phenoxy) is 1. The molecule has 3 nitrogen and oxygen atoms in total. The number of alkyl halides is 3. The number of hydrogen-bond donors (Lipinski definition) is 0. The van der Waals surface area contributed by atoms with Gasteiger partial charge < -0.3 is 4.74 Å². The van der Waals surface area contributed by atoms with Gasteiger partial charge in [0, 0.05) is 0 Å². The lowest BCUT2D eigenvalue weighted by molar-refractivity contribution is -0.276. The first-order valence-corrected chi connectivity index (χ1v) is 5.20. The van der Waals surface area contributed by atoms with Crippen molar-refractivity contribution in [2.75, 3.05) is 0 Å². The van der Waals surface area contributed by atoms with Crippen molar-refractivity contribution in [1.82, 2.24) is 4.98 Å². The lowest BCUT2D eigenvalue weighted by Gasteiger charge is -2.11. The predicted octanol–water partition coefficient (Wildman–Crippen LogP) is 2.96. The van der Waals surface area contributed by atoms with Gasteiger partial charge in [0.05, 0.1) is 21.8 Å². The van der Waals surface area contributed by atoms with Gasteiger partial charge in [-0.1, -0.05) is 0 Å². The highest BCUT2D eigenvalue weighted by Crippen LogP contribution is 2.28. The van der Waals surface area contributed by atoms with Gasteiger partial charge in [0.25, 0.3) is 0 Å². The molecule has 1 aromatic heterocycles. The fourth-order valence-corrected chi connectivity index (χ4v) is 1.43. The third-order valence-electron chi connectivity index (χ3n) is 1.63. The highest BCUT2D eigenvalue weighted by atomic mass is 127. The zero-order valence-corrected chi connectivity index (χ0v) is 10.3. The molecule has 1 rings (SSSR count). The van der Waals surface area contributed by atoms with Crippen molar-refractivity contribution in [1.29, 1.82) is 5.26 Å². The van der Waals surface area contributed by atoms with Crippen LogP contribution in [0.5, 0.6) is 5.88 Å². The van der Waals surface area contributed by atoms with E-state index in [9.17, 15) is 13.2 Å². The lowest BCUT2D eigenvalue weighted by Crippen LogP contribution is -2.19. The van der Waals surface area contributed by atoms with Crippen molar-refractivity contribution in [2.24, 2.45) is 0 Å². The Labute approximate surface area is 103 Å². The largest absolute Gasteiger partial charge is 0.574 e. The van der Waals surface area contributed by atoms with Crippen LogP contribution in [-0.2, 0) is 6.42 Å². The van der Waals surface area contributed by atoms with Crippen LogP contribution in [0.4, 0.5) is 13.2 Å². The van der Waals surface area contributed by atoms with E-state index in [0.717, 1.165) is 0 Å². The van der Waals surface area contributed by atoms with E-state index in [0.29, 0.717) is 5.56 Å². The number of pyridine rings is 1. The number of nitriles is 1. The monoisotopic (exact) mass is 342 g/mol. The molecule has 0 amide bonds. The van der Waals surface area contributed by atoms with Gasteiger partial charge >= 0.3 is 6.36 Å². The van der Waals surface area contributed by atoms with Gasteiger partial charge in [0.15, 0.2) is 0 Å². The zero-order chi connectivity index (χ0) is 12.3. The maximum Gasteiger partial charge on any atom is 0.574 e. The van der Waals surface area contributed by atoms with E-state index in [1.807, 2.05) is 6.07 Å². The lowest BCUT2D eigenvalue weighted by atomic mass is 10.2. The predicted molar refractivity (Wildman–Crippen MR) is 57.7 cm³/mol. The Kier molecular flexibility index (Phi) is 3.96. The fourth-order valence-electron chi connectivity index (χ4n) is 1.04. The quantitative estimate of drug-likeness (QED) is 0.777. The van der Waals surface area contributed by atoms with E-state index >= 15 is 0 Å². The van der Waals surface area contributed by atoms with Crippen LogP contribution in [0.2, 0.25) is 0 Å². The summed E-state index contributed by atoms with van der Waals surface area (Å²) in [6, 6.07) is 3.38. The van der Waals surface area contributed by atoms with Crippen LogP contribution < -0.4 is 4.74 Å². The van der Waals surface area contributed by atoms with Gasteiger partial charge in [-0.2, -0.15) is 5.26 Å². The average Bonchev–Trinajstić information content (AvgIpc) is 2.11. The molecule has 1 aromatic rings. The van der Waals surface area contributed by atoms with E-state index in [-0.39, 0.29) is 15.7 Å². The second-order valence-corrected chi connectivity index (χ2v) is 4.01. The van der Waals surface area contributed by atoms with Gasteiger partial charge in [0.2, 0.25) is 5.88 Å². The number of rotatable bonds is 2. The topological polar surface area (TPSA) is 45.9 Å². The number of hydrogen-bond acceptors (Lipinski definition) is 3. The summed E-state index contributed by atoms with van der Waals surface area (Å²) in [7, 11) is 0. The van der Waals surface area contributed by atoms with Crippen LogP contribution in [-0.4, -0.2) is 11.3 Å².